The summed E-state index contributed by atoms with van der Waals surface area (Å²) in [7, 11) is 0. The number of nitrogens with one attached hydrogen (secondary N) is 2. The summed E-state index contributed by atoms with van der Waals surface area (Å²) in [5.74, 6) is -0.262. The fourth-order valence-corrected chi connectivity index (χ4v) is 2.52. The van der Waals surface area contributed by atoms with Gasteiger partial charge in [0.05, 0.1) is 18.6 Å². The molecule has 2 aromatic heterocycles. The van der Waals surface area contributed by atoms with Crippen LogP contribution in [0.15, 0.2) is 65.1 Å². The predicted octanol–water partition coefficient (Wildman–Crippen LogP) is 4.54. The first-order valence-corrected chi connectivity index (χ1v) is 8.68. The number of benzene rings is 2. The monoisotopic (exact) mass is 395 g/mol. The van der Waals surface area contributed by atoms with E-state index in [9.17, 15) is 8.78 Å². The standard InChI is InChI=1S/C19H15F2N7O/c20-12-8-13(21)10-14(9-12)27-28-18-16-17(24-11-23-16)25-19(26-18)22-6-7-29-15-4-2-1-3-5-15/h1-5,8-11H,6-7H2,(H2,22,23,24,25,26). The Kier molecular flexibility index (Phi) is 5.32. The molecule has 0 unspecified atom stereocenters. The summed E-state index contributed by atoms with van der Waals surface area (Å²) in [4.78, 5) is 15.5. The third-order valence-electron chi connectivity index (χ3n) is 3.77. The second-order valence-corrected chi connectivity index (χ2v) is 5.89. The molecule has 2 aromatic carbocycles. The zero-order chi connectivity index (χ0) is 20.1. The van der Waals surface area contributed by atoms with E-state index in [-0.39, 0.29) is 17.5 Å². The summed E-state index contributed by atoms with van der Waals surface area (Å²) in [6, 6.07) is 12.3. The van der Waals surface area contributed by atoms with Crippen LogP contribution in [0.2, 0.25) is 0 Å². The van der Waals surface area contributed by atoms with Crippen LogP contribution in [0.1, 0.15) is 0 Å². The number of imidazole rings is 1. The molecule has 0 aliphatic rings. The molecule has 0 aliphatic heterocycles. The van der Waals surface area contributed by atoms with Crippen molar-refractivity contribution in [3.05, 3.63) is 66.5 Å². The van der Waals surface area contributed by atoms with Crippen molar-refractivity contribution >= 4 is 28.6 Å². The molecule has 0 radical (unpaired) electrons. The van der Waals surface area contributed by atoms with Crippen molar-refractivity contribution < 1.29 is 13.5 Å². The molecular formula is C19H15F2N7O. The average molecular weight is 395 g/mol. The smallest absolute Gasteiger partial charge is 0.227 e. The van der Waals surface area contributed by atoms with Crippen LogP contribution in [-0.2, 0) is 0 Å². The second kappa shape index (κ2) is 8.38. The molecule has 10 heteroatoms. The lowest BCUT2D eigenvalue weighted by Gasteiger charge is -2.07. The highest BCUT2D eigenvalue weighted by molar-refractivity contribution is 5.81. The van der Waals surface area contributed by atoms with Gasteiger partial charge in [0.2, 0.25) is 11.8 Å². The Bertz CT molecular complexity index is 1130. The highest BCUT2D eigenvalue weighted by Gasteiger charge is 2.10. The summed E-state index contributed by atoms with van der Waals surface area (Å²) in [5, 5.41) is 10.9. The molecule has 0 saturated carbocycles. The number of H-pyrrole nitrogens is 1. The molecule has 4 rings (SSSR count). The fraction of sp³-hybridized carbons (Fsp3) is 0.105. The highest BCUT2D eigenvalue weighted by atomic mass is 19.1. The molecule has 146 valence electrons. The van der Waals surface area contributed by atoms with Crippen LogP contribution in [0.5, 0.6) is 5.75 Å². The SMILES string of the molecule is Fc1cc(F)cc(N=Nc2nc(NCCOc3ccccc3)nc3nc[nH]c23)c1. The van der Waals surface area contributed by atoms with E-state index in [4.69, 9.17) is 4.74 Å². The first kappa shape index (κ1) is 18.4. The molecule has 4 aromatic rings. The van der Waals surface area contributed by atoms with E-state index in [1.807, 2.05) is 30.3 Å². The van der Waals surface area contributed by atoms with Crippen molar-refractivity contribution in [3.8, 4) is 5.75 Å². The topological polar surface area (TPSA) is 100 Å². The van der Waals surface area contributed by atoms with Crippen LogP contribution < -0.4 is 10.1 Å². The second-order valence-electron chi connectivity index (χ2n) is 5.89. The minimum atomic E-state index is -0.742. The van der Waals surface area contributed by atoms with Crippen LogP contribution in [-0.4, -0.2) is 33.1 Å². The first-order valence-electron chi connectivity index (χ1n) is 8.68. The summed E-state index contributed by atoms with van der Waals surface area (Å²) in [5.41, 5.74) is 0.863. The van der Waals surface area contributed by atoms with E-state index >= 15 is 0 Å². The van der Waals surface area contributed by atoms with Gasteiger partial charge in [-0.2, -0.15) is 9.97 Å². The number of anilines is 1. The number of azo groups is 1. The normalized spacial score (nSPS) is 11.2. The highest BCUT2D eigenvalue weighted by Crippen LogP contribution is 2.24. The predicted molar refractivity (Wildman–Crippen MR) is 103 cm³/mol. The zero-order valence-electron chi connectivity index (χ0n) is 15.0. The van der Waals surface area contributed by atoms with E-state index < -0.39 is 11.6 Å². The van der Waals surface area contributed by atoms with E-state index in [0.717, 1.165) is 23.9 Å². The molecule has 0 aliphatic carbocycles. The Labute approximate surface area is 163 Å². The zero-order valence-corrected chi connectivity index (χ0v) is 15.0. The number of aromatic amines is 1. The molecule has 0 fully saturated rings. The third kappa shape index (κ3) is 4.67. The van der Waals surface area contributed by atoms with Gasteiger partial charge in [-0.05, 0) is 12.1 Å². The summed E-state index contributed by atoms with van der Waals surface area (Å²) < 4.78 is 32.2. The van der Waals surface area contributed by atoms with Gasteiger partial charge in [-0.1, -0.05) is 18.2 Å². The number of fused-ring (bicyclic) bond motifs is 1. The number of hydrogen-bond donors (Lipinski definition) is 2. The van der Waals surface area contributed by atoms with Gasteiger partial charge in [0.1, 0.15) is 29.5 Å². The molecule has 8 nitrogen and oxygen atoms in total. The number of ether oxygens (including phenoxy) is 1. The van der Waals surface area contributed by atoms with E-state index in [1.165, 1.54) is 6.33 Å². The van der Waals surface area contributed by atoms with Gasteiger partial charge in [-0.25, -0.2) is 13.8 Å². The van der Waals surface area contributed by atoms with Crippen molar-refractivity contribution in [1.82, 2.24) is 19.9 Å². The summed E-state index contributed by atoms with van der Waals surface area (Å²) in [6.07, 6.45) is 1.45. The lowest BCUT2D eigenvalue weighted by molar-refractivity contribution is 0.332. The van der Waals surface area contributed by atoms with Crippen LogP contribution in [0.4, 0.5) is 26.2 Å². The van der Waals surface area contributed by atoms with Crippen LogP contribution in [0.25, 0.3) is 11.2 Å². The van der Waals surface area contributed by atoms with Gasteiger partial charge in [-0.3, -0.25) is 0 Å². The third-order valence-corrected chi connectivity index (χ3v) is 3.77. The molecule has 2 N–H and O–H groups in total. The summed E-state index contributed by atoms with van der Waals surface area (Å²) >= 11 is 0. The number of aromatic nitrogens is 4. The Morgan fingerprint density at radius 1 is 1.00 bits per heavy atom. The summed E-state index contributed by atoms with van der Waals surface area (Å²) in [6.45, 7) is 0.835. The van der Waals surface area contributed by atoms with Crippen molar-refractivity contribution in [3.63, 3.8) is 0 Å². The molecule has 0 spiro atoms. The maximum atomic E-state index is 13.3. The number of para-hydroxylation sites is 1. The fourth-order valence-electron chi connectivity index (χ4n) is 2.52. The maximum Gasteiger partial charge on any atom is 0.227 e. The average Bonchev–Trinajstić information content (AvgIpc) is 3.18. The number of nitrogens with zero attached hydrogens (tertiary/aromatic N) is 5. The Hall–Kier alpha value is -3.95. The van der Waals surface area contributed by atoms with Crippen LogP contribution in [0.3, 0.4) is 0 Å². The van der Waals surface area contributed by atoms with Crippen molar-refractivity contribution in [2.24, 2.45) is 10.2 Å². The number of halogens is 2. The Morgan fingerprint density at radius 3 is 2.59 bits per heavy atom. The van der Waals surface area contributed by atoms with Gasteiger partial charge in [0, 0.05) is 18.2 Å². The van der Waals surface area contributed by atoms with Gasteiger partial charge in [0.25, 0.3) is 0 Å². The molecular weight excluding hydrogens is 380 g/mol. The first-order chi connectivity index (χ1) is 14.2. The number of hydrogen-bond acceptors (Lipinski definition) is 7. The van der Waals surface area contributed by atoms with Crippen molar-refractivity contribution in [2.45, 2.75) is 0 Å². The minimum absolute atomic E-state index is 0.0274. The molecule has 0 bridgehead atoms. The van der Waals surface area contributed by atoms with Gasteiger partial charge >= 0.3 is 0 Å². The number of rotatable bonds is 7. The van der Waals surface area contributed by atoms with E-state index in [2.05, 4.69) is 35.5 Å². The van der Waals surface area contributed by atoms with E-state index in [1.54, 1.807) is 0 Å². The Morgan fingerprint density at radius 2 is 1.79 bits per heavy atom. The van der Waals surface area contributed by atoms with Crippen molar-refractivity contribution in [2.75, 3.05) is 18.5 Å². The molecule has 0 saturated heterocycles. The lowest BCUT2D eigenvalue weighted by atomic mass is 10.3. The molecule has 2 heterocycles. The van der Waals surface area contributed by atoms with Crippen molar-refractivity contribution in [1.29, 1.82) is 0 Å². The van der Waals surface area contributed by atoms with Gasteiger partial charge < -0.3 is 15.0 Å². The maximum absolute atomic E-state index is 13.3. The molecule has 29 heavy (non-hydrogen) atoms. The van der Waals surface area contributed by atoms with Gasteiger partial charge in [-0.15, -0.1) is 10.2 Å². The molecule has 0 atom stereocenters. The van der Waals surface area contributed by atoms with E-state index in [0.29, 0.717) is 24.3 Å². The largest absolute Gasteiger partial charge is 0.492 e. The lowest BCUT2D eigenvalue weighted by Crippen LogP contribution is -2.13. The van der Waals surface area contributed by atoms with Gasteiger partial charge in [0.15, 0.2) is 5.65 Å². The molecule has 0 amide bonds. The minimum Gasteiger partial charge on any atom is -0.492 e. The Balaban J connectivity index is 1.48. The van der Waals surface area contributed by atoms with Crippen LogP contribution >= 0.6 is 0 Å². The quantitative estimate of drug-likeness (QED) is 0.353. The van der Waals surface area contributed by atoms with Crippen LogP contribution in [0, 0.1) is 11.6 Å².